The van der Waals surface area contributed by atoms with Crippen LogP contribution in [0.1, 0.15) is 26.7 Å². The number of nitrogens with one attached hydrogen (secondary N) is 1. The third-order valence-corrected chi connectivity index (χ3v) is 4.88. The SMILES string of the molecule is CCC(C)NC(=O)N1CCS(=O)(=O)CC1CC(=O)O. The van der Waals surface area contributed by atoms with Crippen LogP contribution in [0.25, 0.3) is 0 Å². The zero-order valence-electron chi connectivity index (χ0n) is 11.1. The second-order valence-corrected chi connectivity index (χ2v) is 7.05. The van der Waals surface area contributed by atoms with E-state index in [0.717, 1.165) is 6.42 Å². The lowest BCUT2D eigenvalue weighted by molar-refractivity contribution is -0.138. The molecule has 1 saturated heterocycles. The van der Waals surface area contributed by atoms with Crippen LogP contribution in [0.3, 0.4) is 0 Å². The zero-order chi connectivity index (χ0) is 14.6. The molecule has 0 saturated carbocycles. The van der Waals surface area contributed by atoms with Crippen LogP contribution in [0.15, 0.2) is 0 Å². The predicted octanol–water partition coefficient (Wildman–Crippen LogP) is 0.0682. The highest BCUT2D eigenvalue weighted by atomic mass is 32.2. The third kappa shape index (κ3) is 4.70. The first kappa shape index (κ1) is 15.7. The number of hydrogen-bond acceptors (Lipinski definition) is 4. The van der Waals surface area contributed by atoms with Crippen LogP contribution in [0, 0.1) is 0 Å². The lowest BCUT2D eigenvalue weighted by atomic mass is 10.2. The molecule has 1 fully saturated rings. The van der Waals surface area contributed by atoms with Crippen molar-refractivity contribution in [2.24, 2.45) is 0 Å². The summed E-state index contributed by atoms with van der Waals surface area (Å²) in [6, 6.07) is -1.22. The van der Waals surface area contributed by atoms with Crippen molar-refractivity contribution in [2.45, 2.75) is 38.8 Å². The first-order chi connectivity index (χ1) is 8.75. The van der Waals surface area contributed by atoms with E-state index in [-0.39, 0.29) is 30.5 Å². The van der Waals surface area contributed by atoms with Crippen LogP contribution in [-0.4, -0.2) is 60.6 Å². The van der Waals surface area contributed by atoms with Gasteiger partial charge < -0.3 is 15.3 Å². The van der Waals surface area contributed by atoms with E-state index in [0.29, 0.717) is 0 Å². The molecule has 2 amide bonds. The lowest BCUT2D eigenvalue weighted by Gasteiger charge is -2.35. The van der Waals surface area contributed by atoms with Crippen molar-refractivity contribution >= 4 is 21.8 Å². The monoisotopic (exact) mass is 292 g/mol. The molecule has 0 aromatic carbocycles. The minimum absolute atomic E-state index is 0.0310. The van der Waals surface area contributed by atoms with Gasteiger partial charge >= 0.3 is 12.0 Å². The number of urea groups is 1. The highest BCUT2D eigenvalue weighted by Gasteiger charge is 2.35. The molecule has 0 bridgehead atoms. The van der Waals surface area contributed by atoms with Gasteiger partial charge in [-0.05, 0) is 13.3 Å². The molecule has 1 aliphatic heterocycles. The molecule has 2 N–H and O–H groups in total. The zero-order valence-corrected chi connectivity index (χ0v) is 11.9. The summed E-state index contributed by atoms with van der Waals surface area (Å²) in [6.07, 6.45) is 0.397. The Morgan fingerprint density at radius 3 is 2.63 bits per heavy atom. The molecular weight excluding hydrogens is 272 g/mol. The third-order valence-electron chi connectivity index (χ3n) is 3.18. The summed E-state index contributed by atoms with van der Waals surface area (Å²) in [7, 11) is -3.26. The molecule has 0 aromatic rings. The Hall–Kier alpha value is -1.31. The molecule has 1 heterocycles. The van der Waals surface area contributed by atoms with Crippen molar-refractivity contribution in [1.29, 1.82) is 0 Å². The van der Waals surface area contributed by atoms with Gasteiger partial charge in [0.1, 0.15) is 0 Å². The van der Waals surface area contributed by atoms with E-state index in [1.807, 2.05) is 13.8 Å². The highest BCUT2D eigenvalue weighted by Crippen LogP contribution is 2.15. The molecular formula is C11H20N2O5S. The number of carboxylic acids is 1. The van der Waals surface area contributed by atoms with Gasteiger partial charge in [0, 0.05) is 12.6 Å². The fourth-order valence-corrected chi connectivity index (χ4v) is 3.45. The van der Waals surface area contributed by atoms with Crippen molar-refractivity contribution in [2.75, 3.05) is 18.1 Å². The molecule has 19 heavy (non-hydrogen) atoms. The van der Waals surface area contributed by atoms with E-state index in [1.165, 1.54) is 4.90 Å². The number of rotatable bonds is 4. The standard InChI is InChI=1S/C11H20N2O5S/c1-3-8(2)12-11(16)13-4-5-19(17,18)7-9(13)6-10(14)15/h8-9H,3-7H2,1-2H3,(H,12,16)(H,14,15). The minimum atomic E-state index is -3.26. The van der Waals surface area contributed by atoms with Crippen molar-refractivity contribution in [3.05, 3.63) is 0 Å². The van der Waals surface area contributed by atoms with Gasteiger partial charge in [0.05, 0.1) is 24.0 Å². The Balaban J connectivity index is 2.78. The van der Waals surface area contributed by atoms with E-state index in [4.69, 9.17) is 5.11 Å². The topological polar surface area (TPSA) is 104 Å². The predicted molar refractivity (Wildman–Crippen MR) is 69.7 cm³/mol. The molecule has 1 aliphatic rings. The average Bonchev–Trinajstić information content (AvgIpc) is 2.26. The van der Waals surface area contributed by atoms with Gasteiger partial charge in [-0.3, -0.25) is 4.79 Å². The van der Waals surface area contributed by atoms with Gasteiger partial charge in [0.2, 0.25) is 0 Å². The van der Waals surface area contributed by atoms with Crippen LogP contribution in [0.2, 0.25) is 0 Å². The van der Waals surface area contributed by atoms with Crippen LogP contribution < -0.4 is 5.32 Å². The fraction of sp³-hybridized carbons (Fsp3) is 0.818. The maximum Gasteiger partial charge on any atom is 0.317 e. The van der Waals surface area contributed by atoms with E-state index in [2.05, 4.69) is 5.32 Å². The quantitative estimate of drug-likeness (QED) is 0.763. The van der Waals surface area contributed by atoms with Crippen molar-refractivity contribution in [3.8, 4) is 0 Å². The summed E-state index contributed by atoms with van der Waals surface area (Å²) in [6.45, 7) is 3.80. The largest absolute Gasteiger partial charge is 0.481 e. The van der Waals surface area contributed by atoms with Crippen molar-refractivity contribution in [3.63, 3.8) is 0 Å². The number of carboxylic acid groups (broad SMARTS) is 1. The number of carbonyl (C=O) groups excluding carboxylic acids is 1. The van der Waals surface area contributed by atoms with Gasteiger partial charge in [-0.15, -0.1) is 0 Å². The lowest BCUT2D eigenvalue weighted by Crippen LogP contribution is -2.56. The molecule has 7 nitrogen and oxygen atoms in total. The molecule has 8 heteroatoms. The van der Waals surface area contributed by atoms with Gasteiger partial charge in [-0.2, -0.15) is 0 Å². The number of sulfone groups is 1. The number of nitrogens with zero attached hydrogens (tertiary/aromatic N) is 1. The molecule has 110 valence electrons. The molecule has 2 atom stereocenters. The number of hydrogen-bond donors (Lipinski definition) is 2. The van der Waals surface area contributed by atoms with Gasteiger partial charge in [0.15, 0.2) is 9.84 Å². The maximum absolute atomic E-state index is 12.0. The summed E-state index contributed by atoms with van der Waals surface area (Å²) in [5.41, 5.74) is 0. The molecule has 1 rings (SSSR count). The summed E-state index contributed by atoms with van der Waals surface area (Å²) in [5, 5.41) is 11.5. The number of amides is 2. The second kappa shape index (κ2) is 6.23. The molecule has 0 radical (unpaired) electrons. The highest BCUT2D eigenvalue weighted by molar-refractivity contribution is 7.91. The number of carbonyl (C=O) groups is 2. The summed E-state index contributed by atoms with van der Waals surface area (Å²) >= 11 is 0. The van der Waals surface area contributed by atoms with Gasteiger partial charge in [-0.1, -0.05) is 6.92 Å². The van der Waals surface area contributed by atoms with E-state index >= 15 is 0 Å². The van der Waals surface area contributed by atoms with Crippen molar-refractivity contribution < 1.29 is 23.1 Å². The Morgan fingerprint density at radius 2 is 2.11 bits per heavy atom. The van der Waals surface area contributed by atoms with E-state index in [1.54, 1.807) is 0 Å². The fourth-order valence-electron chi connectivity index (χ4n) is 1.92. The molecule has 2 unspecified atom stereocenters. The molecule has 0 aliphatic carbocycles. The molecule has 0 spiro atoms. The summed E-state index contributed by atoms with van der Waals surface area (Å²) in [5.74, 6) is -1.51. The number of aliphatic carboxylic acids is 1. The average molecular weight is 292 g/mol. The maximum atomic E-state index is 12.0. The normalized spacial score (nSPS) is 23.7. The Labute approximate surface area is 112 Å². The molecule has 0 aromatic heterocycles. The van der Waals surface area contributed by atoms with Gasteiger partial charge in [-0.25, -0.2) is 13.2 Å². The van der Waals surface area contributed by atoms with Crippen LogP contribution in [0.4, 0.5) is 4.79 Å². The van der Waals surface area contributed by atoms with Gasteiger partial charge in [0.25, 0.3) is 0 Å². The second-order valence-electron chi connectivity index (χ2n) is 4.82. The first-order valence-electron chi connectivity index (χ1n) is 6.24. The summed E-state index contributed by atoms with van der Waals surface area (Å²) in [4.78, 5) is 24.1. The Bertz CT molecular complexity index is 448. The minimum Gasteiger partial charge on any atom is -0.481 e. The first-order valence-corrected chi connectivity index (χ1v) is 8.06. The Kier molecular flexibility index (Phi) is 5.16. The van der Waals surface area contributed by atoms with Crippen LogP contribution in [-0.2, 0) is 14.6 Å². The smallest absolute Gasteiger partial charge is 0.317 e. The van der Waals surface area contributed by atoms with Crippen LogP contribution >= 0.6 is 0 Å². The van der Waals surface area contributed by atoms with Crippen LogP contribution in [0.5, 0.6) is 0 Å². The Morgan fingerprint density at radius 1 is 1.47 bits per heavy atom. The van der Waals surface area contributed by atoms with E-state index < -0.39 is 27.9 Å². The van der Waals surface area contributed by atoms with Crippen molar-refractivity contribution in [1.82, 2.24) is 10.2 Å². The van der Waals surface area contributed by atoms with E-state index in [9.17, 15) is 18.0 Å². The summed E-state index contributed by atoms with van der Waals surface area (Å²) < 4.78 is 23.1.